The van der Waals surface area contributed by atoms with Crippen molar-refractivity contribution in [3.63, 3.8) is 0 Å². The van der Waals surface area contributed by atoms with E-state index >= 15 is 0 Å². The summed E-state index contributed by atoms with van der Waals surface area (Å²) in [5.41, 5.74) is 12.7. The molecule has 1 unspecified atom stereocenters. The van der Waals surface area contributed by atoms with Crippen LogP contribution in [0.1, 0.15) is 35.8 Å². The third-order valence-electron chi connectivity index (χ3n) is 5.62. The lowest BCUT2D eigenvalue weighted by Gasteiger charge is -2.23. The zero-order chi connectivity index (χ0) is 23.3. The van der Waals surface area contributed by atoms with Crippen LogP contribution in [0.2, 0.25) is 5.02 Å². The molecule has 1 saturated carbocycles. The molecule has 3 heterocycles. The van der Waals surface area contributed by atoms with Gasteiger partial charge in [0.1, 0.15) is 22.7 Å². The summed E-state index contributed by atoms with van der Waals surface area (Å²) in [7, 11) is 0. The van der Waals surface area contributed by atoms with Crippen LogP contribution in [0.3, 0.4) is 0 Å². The Balaban J connectivity index is 1.79. The zero-order valence-corrected chi connectivity index (χ0v) is 18.3. The zero-order valence-electron chi connectivity index (χ0n) is 17.5. The highest BCUT2D eigenvalue weighted by Crippen LogP contribution is 2.43. The molecular formula is C21H19ClN10O. The Morgan fingerprint density at radius 2 is 2.09 bits per heavy atom. The van der Waals surface area contributed by atoms with E-state index in [0.717, 1.165) is 18.4 Å². The van der Waals surface area contributed by atoms with Gasteiger partial charge in [0.25, 0.3) is 5.56 Å². The number of para-hydroxylation sites is 1. The van der Waals surface area contributed by atoms with Gasteiger partial charge in [-0.2, -0.15) is 20.3 Å². The Hall–Kier alpha value is -4.17. The van der Waals surface area contributed by atoms with E-state index < -0.39 is 6.04 Å². The van der Waals surface area contributed by atoms with Gasteiger partial charge in [0.15, 0.2) is 11.6 Å². The fourth-order valence-electron chi connectivity index (χ4n) is 3.85. The van der Waals surface area contributed by atoms with Crippen molar-refractivity contribution in [1.82, 2.24) is 29.7 Å². The van der Waals surface area contributed by atoms with Gasteiger partial charge < -0.3 is 16.8 Å². The second-order valence-corrected chi connectivity index (χ2v) is 8.28. The van der Waals surface area contributed by atoms with Gasteiger partial charge in [-0.25, -0.2) is 9.55 Å². The monoisotopic (exact) mass is 462 g/mol. The molecule has 1 fully saturated rings. The molecule has 166 valence electrons. The first-order valence-corrected chi connectivity index (χ1v) is 10.6. The number of aromatic nitrogens is 6. The molecule has 33 heavy (non-hydrogen) atoms. The summed E-state index contributed by atoms with van der Waals surface area (Å²) in [6.07, 6.45) is 3.50. The van der Waals surface area contributed by atoms with E-state index in [-0.39, 0.29) is 34.1 Å². The fourth-order valence-corrected chi connectivity index (χ4v) is 3.99. The van der Waals surface area contributed by atoms with Crippen molar-refractivity contribution in [3.05, 3.63) is 56.7 Å². The van der Waals surface area contributed by atoms with Gasteiger partial charge in [-0.15, -0.1) is 0 Å². The smallest absolute Gasteiger partial charge is 0.267 e. The average molecular weight is 463 g/mol. The highest BCUT2D eigenvalue weighted by atomic mass is 35.5. The first-order chi connectivity index (χ1) is 15.9. The number of hydrogen-bond acceptors (Lipinski definition) is 9. The normalized spacial score (nSPS) is 14.2. The number of rotatable bonds is 5. The van der Waals surface area contributed by atoms with Gasteiger partial charge in [0, 0.05) is 11.8 Å². The van der Waals surface area contributed by atoms with Gasteiger partial charge in [-0.3, -0.25) is 9.89 Å². The molecular weight excluding hydrogens is 444 g/mol. The van der Waals surface area contributed by atoms with Crippen LogP contribution >= 0.6 is 11.6 Å². The van der Waals surface area contributed by atoms with Gasteiger partial charge in [-0.1, -0.05) is 17.7 Å². The Bertz CT molecular complexity index is 1500. The number of nitrogens with zero attached hydrogens (tertiary/aromatic N) is 6. The number of aryl methyl sites for hydroxylation is 1. The SMILES string of the molecule is Cc1c[nH]nc1-n1c(C(Nc2nc(N)nc(N)c2Cl)C2CC2)nc2c(C#N)cccc2c1=O. The van der Waals surface area contributed by atoms with Gasteiger partial charge >= 0.3 is 0 Å². The van der Waals surface area contributed by atoms with Crippen LogP contribution in [0.25, 0.3) is 16.7 Å². The molecule has 3 aromatic heterocycles. The maximum atomic E-state index is 13.7. The van der Waals surface area contributed by atoms with E-state index in [1.54, 1.807) is 24.4 Å². The number of aromatic amines is 1. The highest BCUT2D eigenvalue weighted by Gasteiger charge is 2.37. The fraction of sp³-hybridized carbons (Fsp3) is 0.238. The lowest BCUT2D eigenvalue weighted by atomic mass is 10.1. The van der Waals surface area contributed by atoms with E-state index in [0.29, 0.717) is 28.1 Å². The van der Waals surface area contributed by atoms with Crippen LogP contribution in [0, 0.1) is 24.2 Å². The number of hydrogen-bond donors (Lipinski definition) is 4. The summed E-state index contributed by atoms with van der Waals surface area (Å²) in [4.78, 5) is 26.6. The lowest BCUT2D eigenvalue weighted by Crippen LogP contribution is -2.30. The molecule has 5 rings (SSSR count). The van der Waals surface area contributed by atoms with Gasteiger partial charge in [0.05, 0.1) is 22.5 Å². The second kappa shape index (κ2) is 7.75. The second-order valence-electron chi connectivity index (χ2n) is 7.91. The van der Waals surface area contributed by atoms with Crippen molar-refractivity contribution in [2.45, 2.75) is 25.8 Å². The molecule has 1 aromatic carbocycles. The van der Waals surface area contributed by atoms with Crippen LogP contribution < -0.4 is 22.3 Å². The quantitative estimate of drug-likeness (QED) is 0.346. The molecule has 0 bridgehead atoms. The van der Waals surface area contributed by atoms with Crippen molar-refractivity contribution in [1.29, 1.82) is 5.26 Å². The Morgan fingerprint density at radius 3 is 2.76 bits per heavy atom. The molecule has 1 aliphatic carbocycles. The molecule has 0 aliphatic heterocycles. The van der Waals surface area contributed by atoms with Crippen LogP contribution in [0.15, 0.2) is 29.2 Å². The Morgan fingerprint density at radius 1 is 1.30 bits per heavy atom. The lowest BCUT2D eigenvalue weighted by molar-refractivity contribution is 0.605. The van der Waals surface area contributed by atoms with Crippen LogP contribution in [0.5, 0.6) is 0 Å². The Kier molecular flexibility index (Phi) is 4.87. The first kappa shape index (κ1) is 20.7. The van der Waals surface area contributed by atoms with Crippen molar-refractivity contribution < 1.29 is 0 Å². The minimum absolute atomic E-state index is 0.0345. The van der Waals surface area contributed by atoms with E-state index in [2.05, 4.69) is 31.6 Å². The van der Waals surface area contributed by atoms with Crippen LogP contribution in [-0.2, 0) is 0 Å². The minimum Gasteiger partial charge on any atom is -0.382 e. The number of halogens is 1. The largest absolute Gasteiger partial charge is 0.382 e. The number of nitriles is 1. The third kappa shape index (κ3) is 3.50. The summed E-state index contributed by atoms with van der Waals surface area (Å²) in [6.45, 7) is 1.84. The van der Waals surface area contributed by atoms with E-state index in [9.17, 15) is 10.1 Å². The summed E-state index contributed by atoms with van der Waals surface area (Å²) in [5.74, 6) is 1.20. The standard InChI is InChI=1S/C21H19ClN10O/c1-9-8-26-31-18(9)32-19(28-14-11(7-23)3-2-4-12(14)20(32)33)15(10-5-6-10)27-17-13(22)16(24)29-21(25)30-17/h2-4,8,10,15H,5-6H2,1H3,(H,26,31)(H5,24,25,27,29,30). The summed E-state index contributed by atoms with van der Waals surface area (Å²) in [5, 5.41) is 20.4. The molecule has 4 aromatic rings. The molecule has 1 atom stereocenters. The topological polar surface area (TPSA) is 177 Å². The number of fused-ring (bicyclic) bond motifs is 1. The number of benzene rings is 1. The average Bonchev–Trinajstić information content (AvgIpc) is 3.55. The Labute approximate surface area is 192 Å². The van der Waals surface area contributed by atoms with Crippen molar-refractivity contribution in [3.8, 4) is 11.9 Å². The summed E-state index contributed by atoms with van der Waals surface area (Å²) < 4.78 is 1.47. The minimum atomic E-state index is -0.476. The maximum absolute atomic E-state index is 13.7. The number of nitrogens with one attached hydrogen (secondary N) is 2. The molecule has 12 heteroatoms. The van der Waals surface area contributed by atoms with Crippen LogP contribution in [-0.4, -0.2) is 29.7 Å². The molecule has 0 saturated heterocycles. The van der Waals surface area contributed by atoms with Gasteiger partial charge in [-0.05, 0) is 37.8 Å². The number of H-pyrrole nitrogens is 1. The molecule has 0 amide bonds. The molecule has 6 N–H and O–H groups in total. The number of nitrogen functional groups attached to an aromatic ring is 2. The molecule has 1 aliphatic rings. The van der Waals surface area contributed by atoms with E-state index in [4.69, 9.17) is 28.1 Å². The highest BCUT2D eigenvalue weighted by molar-refractivity contribution is 6.35. The number of nitrogens with two attached hydrogens (primary N) is 2. The predicted octanol–water partition coefficient (Wildman–Crippen LogP) is 2.46. The predicted molar refractivity (Wildman–Crippen MR) is 124 cm³/mol. The van der Waals surface area contributed by atoms with Crippen LogP contribution in [0.4, 0.5) is 17.6 Å². The van der Waals surface area contributed by atoms with E-state index in [1.165, 1.54) is 4.57 Å². The van der Waals surface area contributed by atoms with E-state index in [1.807, 2.05) is 6.92 Å². The molecule has 0 spiro atoms. The summed E-state index contributed by atoms with van der Waals surface area (Å²) in [6, 6.07) is 6.58. The summed E-state index contributed by atoms with van der Waals surface area (Å²) >= 11 is 6.34. The van der Waals surface area contributed by atoms with Crippen molar-refractivity contribution in [2.24, 2.45) is 5.92 Å². The van der Waals surface area contributed by atoms with Crippen molar-refractivity contribution >= 4 is 40.1 Å². The van der Waals surface area contributed by atoms with Crippen molar-refractivity contribution in [2.75, 3.05) is 16.8 Å². The molecule has 0 radical (unpaired) electrons. The molecule has 11 nitrogen and oxygen atoms in total. The third-order valence-corrected chi connectivity index (χ3v) is 5.99. The maximum Gasteiger partial charge on any atom is 0.267 e. The first-order valence-electron chi connectivity index (χ1n) is 10.2. The van der Waals surface area contributed by atoms with Gasteiger partial charge in [0.2, 0.25) is 5.95 Å². The number of anilines is 3.